The van der Waals surface area contributed by atoms with Crippen LogP contribution in [0.4, 0.5) is 11.4 Å². The first-order valence-electron chi connectivity index (χ1n) is 20.4. The average Bonchev–Trinajstić information content (AvgIpc) is 3.75. The van der Waals surface area contributed by atoms with E-state index in [2.05, 4.69) is 206 Å². The monoisotopic (exact) mass is 725 g/mol. The predicted molar refractivity (Wildman–Crippen MR) is 235 cm³/mol. The molecule has 3 nitrogen and oxygen atoms in total. The van der Waals surface area contributed by atoms with Gasteiger partial charge in [-0.2, -0.15) is 0 Å². The number of rotatable bonds is 5. The molecule has 5 aromatic carbocycles. The summed E-state index contributed by atoms with van der Waals surface area (Å²) in [5, 5.41) is 2.72. The first-order valence-corrected chi connectivity index (χ1v) is 20.4. The Kier molecular flexibility index (Phi) is 7.26. The summed E-state index contributed by atoms with van der Waals surface area (Å²) in [7, 11) is 0. The highest BCUT2D eigenvalue weighted by Crippen LogP contribution is 2.65. The van der Waals surface area contributed by atoms with Crippen LogP contribution in [0.5, 0.6) is 0 Å². The highest BCUT2D eigenvalue weighted by Gasteiger charge is 2.58. The van der Waals surface area contributed by atoms with E-state index in [9.17, 15) is 0 Å². The Bertz CT molecular complexity index is 2820. The molecule has 0 radical (unpaired) electrons. The van der Waals surface area contributed by atoms with Crippen LogP contribution in [0.2, 0.25) is 0 Å². The lowest BCUT2D eigenvalue weighted by molar-refractivity contribution is 0.0996. The number of aromatic nitrogens is 2. The predicted octanol–water partition coefficient (Wildman–Crippen LogP) is 13.7. The van der Waals surface area contributed by atoms with Gasteiger partial charge in [0.15, 0.2) is 0 Å². The Labute approximate surface area is 330 Å². The van der Waals surface area contributed by atoms with E-state index in [-0.39, 0.29) is 10.8 Å². The molecular weight excluding hydrogens is 679 g/mol. The third-order valence-corrected chi connectivity index (χ3v) is 14.0. The molecule has 0 bridgehead atoms. The van der Waals surface area contributed by atoms with Gasteiger partial charge in [-0.15, -0.1) is 0 Å². The van der Waals surface area contributed by atoms with Crippen molar-refractivity contribution in [3.8, 4) is 16.9 Å². The highest BCUT2D eigenvalue weighted by molar-refractivity contribution is 6.07. The zero-order valence-electron chi connectivity index (χ0n) is 32.7. The van der Waals surface area contributed by atoms with Crippen LogP contribution in [0.15, 0.2) is 170 Å². The standard InChI is InChI=1S/C53H47N3/c1-35-16-15-21-41(32-35)54(38-17-7-5-8-18-38)40-29-26-36(27-30-40)37-28-31-48-45(33-37)52(2,3)53(4)34-44-42-22-11-13-24-46(42)55(39-19-9-6-10-20-39)50(44)49-43-23-12-14-25-47(43)56(48)51(49)53/h5-15,17-32,35,45H,16,33-34H2,1-4H3. The van der Waals surface area contributed by atoms with Crippen LogP contribution in [0.1, 0.15) is 57.4 Å². The smallest absolute Gasteiger partial charge is 0.0598 e. The number of allylic oxidation sites excluding steroid dienone is 7. The molecule has 4 aliphatic rings. The highest BCUT2D eigenvalue weighted by atomic mass is 15.1. The molecule has 0 saturated heterocycles. The van der Waals surface area contributed by atoms with Crippen LogP contribution in [-0.2, 0) is 11.8 Å². The molecule has 0 amide bonds. The third-order valence-electron chi connectivity index (χ3n) is 14.0. The van der Waals surface area contributed by atoms with Crippen molar-refractivity contribution >= 4 is 44.5 Å². The van der Waals surface area contributed by atoms with E-state index in [4.69, 9.17) is 0 Å². The molecule has 2 aromatic heterocycles. The van der Waals surface area contributed by atoms with Crippen molar-refractivity contribution in [1.29, 1.82) is 0 Å². The van der Waals surface area contributed by atoms with Crippen molar-refractivity contribution in [2.24, 2.45) is 17.3 Å². The number of anilines is 2. The second-order valence-electron chi connectivity index (χ2n) is 17.3. The van der Waals surface area contributed by atoms with Crippen molar-refractivity contribution in [3.63, 3.8) is 0 Å². The Morgan fingerprint density at radius 3 is 2.04 bits per heavy atom. The van der Waals surface area contributed by atoms with Crippen LogP contribution in [0.25, 0.3) is 50.0 Å². The average molecular weight is 726 g/mol. The Morgan fingerprint density at radius 2 is 1.30 bits per heavy atom. The van der Waals surface area contributed by atoms with Crippen LogP contribution < -0.4 is 4.90 Å². The van der Waals surface area contributed by atoms with Crippen molar-refractivity contribution in [3.05, 3.63) is 186 Å². The fourth-order valence-electron chi connectivity index (χ4n) is 10.8. The van der Waals surface area contributed by atoms with Gasteiger partial charge in [0, 0.05) is 61.8 Å². The van der Waals surface area contributed by atoms with E-state index in [0.29, 0.717) is 11.8 Å². The van der Waals surface area contributed by atoms with E-state index in [0.717, 1.165) is 19.3 Å². The molecule has 3 heteroatoms. The molecule has 274 valence electrons. The zero-order chi connectivity index (χ0) is 37.8. The maximum atomic E-state index is 2.69. The van der Waals surface area contributed by atoms with E-state index >= 15 is 0 Å². The van der Waals surface area contributed by atoms with Gasteiger partial charge in [-0.05, 0) is 108 Å². The minimum absolute atomic E-state index is 0.0361. The Balaban J connectivity index is 1.07. The summed E-state index contributed by atoms with van der Waals surface area (Å²) < 4.78 is 5.24. The van der Waals surface area contributed by atoms with Crippen LogP contribution in [0.3, 0.4) is 0 Å². The fourth-order valence-corrected chi connectivity index (χ4v) is 10.8. The summed E-state index contributed by atoms with van der Waals surface area (Å²) in [6.07, 6.45) is 15.0. The van der Waals surface area contributed by atoms with Crippen LogP contribution in [-0.4, -0.2) is 9.13 Å². The molecule has 0 saturated carbocycles. The van der Waals surface area contributed by atoms with Crippen molar-refractivity contribution in [2.45, 2.75) is 52.4 Å². The van der Waals surface area contributed by atoms with Crippen molar-refractivity contribution in [2.75, 3.05) is 4.90 Å². The van der Waals surface area contributed by atoms with Crippen LogP contribution in [0, 0.1) is 17.3 Å². The van der Waals surface area contributed by atoms with Crippen molar-refractivity contribution < 1.29 is 0 Å². The summed E-state index contributed by atoms with van der Waals surface area (Å²) in [4.78, 5) is 2.40. The van der Waals surface area contributed by atoms with Crippen LogP contribution >= 0.6 is 0 Å². The number of benzene rings is 5. The number of nitrogens with zero attached hydrogens (tertiary/aromatic N) is 3. The zero-order valence-corrected chi connectivity index (χ0v) is 32.7. The summed E-state index contributed by atoms with van der Waals surface area (Å²) in [6, 6.07) is 49.4. The second-order valence-corrected chi connectivity index (χ2v) is 17.3. The van der Waals surface area contributed by atoms with Gasteiger partial charge >= 0.3 is 0 Å². The first-order chi connectivity index (χ1) is 27.3. The summed E-state index contributed by atoms with van der Waals surface area (Å²) in [6.45, 7) is 10.0. The fraction of sp³-hybridized carbons (Fsp3) is 0.208. The molecule has 11 rings (SSSR count). The van der Waals surface area contributed by atoms with Crippen molar-refractivity contribution in [1.82, 2.24) is 9.13 Å². The lowest BCUT2D eigenvalue weighted by Gasteiger charge is -2.57. The normalized spacial score (nSPS) is 21.8. The summed E-state index contributed by atoms with van der Waals surface area (Å²) >= 11 is 0. The molecule has 3 atom stereocenters. The molecule has 3 aliphatic carbocycles. The number of hydrogen-bond acceptors (Lipinski definition) is 1. The quantitative estimate of drug-likeness (QED) is 0.172. The lowest BCUT2D eigenvalue weighted by Crippen LogP contribution is -2.53. The van der Waals surface area contributed by atoms with Gasteiger partial charge in [0.2, 0.25) is 0 Å². The number of para-hydroxylation sites is 4. The van der Waals surface area contributed by atoms with Gasteiger partial charge in [0.25, 0.3) is 0 Å². The second kappa shape index (κ2) is 12.2. The van der Waals surface area contributed by atoms with Gasteiger partial charge < -0.3 is 14.0 Å². The lowest BCUT2D eigenvalue weighted by atomic mass is 9.50. The number of fused-ring (bicyclic) bond motifs is 9. The van der Waals surface area contributed by atoms with Gasteiger partial charge in [-0.1, -0.05) is 131 Å². The van der Waals surface area contributed by atoms with E-state index in [1.54, 1.807) is 0 Å². The minimum atomic E-state index is -0.108. The minimum Gasteiger partial charge on any atom is -0.316 e. The number of hydrogen-bond donors (Lipinski definition) is 0. The van der Waals surface area contributed by atoms with Gasteiger partial charge in [-0.25, -0.2) is 0 Å². The molecule has 3 heterocycles. The molecule has 7 aromatic rings. The van der Waals surface area contributed by atoms with Gasteiger partial charge in [0.1, 0.15) is 0 Å². The SMILES string of the molecule is CC1C=C(N(c2ccccc2)c2ccc(C3=CC=C4C(C3)C(C)(C)C3(C)Cc5c(n(-c6ccccc6)c6ccccc56)-c5c3n4c3ccccc53)cc2)C=CC1. The third kappa shape index (κ3) is 4.64. The molecule has 0 N–H and O–H groups in total. The summed E-state index contributed by atoms with van der Waals surface area (Å²) in [5.41, 5.74) is 17.1. The molecule has 56 heavy (non-hydrogen) atoms. The summed E-state index contributed by atoms with van der Waals surface area (Å²) in [5.74, 6) is 0.856. The maximum Gasteiger partial charge on any atom is 0.0598 e. The Morgan fingerprint density at radius 1 is 0.661 bits per heavy atom. The van der Waals surface area contributed by atoms with E-state index in [1.165, 1.54) is 83.9 Å². The molecular formula is C53H47N3. The Hall–Kier alpha value is -6.06. The molecule has 0 fully saturated rings. The van der Waals surface area contributed by atoms with E-state index in [1.807, 2.05) is 0 Å². The van der Waals surface area contributed by atoms with E-state index < -0.39 is 0 Å². The largest absolute Gasteiger partial charge is 0.316 e. The molecule has 1 aliphatic heterocycles. The van der Waals surface area contributed by atoms with Gasteiger partial charge in [0.05, 0.1) is 16.7 Å². The molecule has 0 spiro atoms. The first kappa shape index (κ1) is 33.3. The topological polar surface area (TPSA) is 13.1 Å². The molecule has 3 unspecified atom stereocenters. The maximum absolute atomic E-state index is 2.69. The van der Waals surface area contributed by atoms with Gasteiger partial charge in [-0.3, -0.25) is 0 Å².